The van der Waals surface area contributed by atoms with E-state index in [2.05, 4.69) is 4.18 Å². The van der Waals surface area contributed by atoms with Gasteiger partial charge in [0, 0.05) is 5.39 Å². The molecule has 6 heteroatoms. The predicted molar refractivity (Wildman–Crippen MR) is 66.8 cm³/mol. The average molecular weight is 278 g/mol. The molecular formula is C11H10CaO4S. The van der Waals surface area contributed by atoms with Crippen molar-refractivity contribution in [1.82, 2.24) is 0 Å². The first-order valence-corrected chi connectivity index (χ1v) is 5.91. The van der Waals surface area contributed by atoms with Crippen molar-refractivity contribution < 1.29 is 17.4 Å². The van der Waals surface area contributed by atoms with Gasteiger partial charge in [-0.3, -0.25) is 4.79 Å². The number of rotatable bonds is 3. The zero-order valence-electron chi connectivity index (χ0n) is 8.16. The van der Waals surface area contributed by atoms with Crippen molar-refractivity contribution in [2.75, 3.05) is 0 Å². The molecular weight excluding hydrogens is 268 g/mol. The molecule has 4 nitrogen and oxygen atoms in total. The number of carbonyl (C=O) groups excluding carboxylic acids is 1. The summed E-state index contributed by atoms with van der Waals surface area (Å²) in [6.07, 6.45) is 0. The Morgan fingerprint density at radius 3 is 2.35 bits per heavy atom. The van der Waals surface area contributed by atoms with Gasteiger partial charge in [-0.25, -0.2) is 0 Å². The molecule has 0 saturated carbocycles. The van der Waals surface area contributed by atoms with Gasteiger partial charge in [0.1, 0.15) is 4.90 Å². The zero-order chi connectivity index (χ0) is 11.6. The van der Waals surface area contributed by atoms with Gasteiger partial charge < -0.3 is 4.18 Å². The van der Waals surface area contributed by atoms with E-state index in [1.165, 1.54) is 6.07 Å². The molecule has 0 aliphatic heterocycles. The van der Waals surface area contributed by atoms with Crippen LogP contribution in [-0.4, -0.2) is 52.6 Å². The minimum atomic E-state index is -4.00. The Bertz CT molecular complexity index is 631. The molecule has 0 bridgehead atoms. The van der Waals surface area contributed by atoms with Gasteiger partial charge in [0.2, 0.25) is 0 Å². The quantitative estimate of drug-likeness (QED) is 0.473. The SMILES string of the molecule is O=COS(=O)(=O)c1cccc2ccccc12.[CaH2]. The van der Waals surface area contributed by atoms with Gasteiger partial charge in [-0.1, -0.05) is 36.4 Å². The van der Waals surface area contributed by atoms with E-state index in [-0.39, 0.29) is 49.1 Å². The molecule has 2 rings (SSSR count). The fourth-order valence-electron chi connectivity index (χ4n) is 1.52. The summed E-state index contributed by atoms with van der Waals surface area (Å²) in [7, 11) is -4.00. The van der Waals surface area contributed by atoms with Crippen LogP contribution in [0.5, 0.6) is 0 Å². The fraction of sp³-hybridized carbons (Fsp3) is 0. The summed E-state index contributed by atoms with van der Waals surface area (Å²) in [6.45, 7) is -0.0862. The van der Waals surface area contributed by atoms with Crippen LogP contribution in [0, 0.1) is 0 Å². The minimum absolute atomic E-state index is 0. The van der Waals surface area contributed by atoms with Crippen LogP contribution in [0.25, 0.3) is 10.8 Å². The molecule has 17 heavy (non-hydrogen) atoms. The second-order valence-electron chi connectivity index (χ2n) is 3.12. The predicted octanol–water partition coefficient (Wildman–Crippen LogP) is 0.785. The van der Waals surface area contributed by atoms with Crippen LogP contribution in [0.4, 0.5) is 0 Å². The molecule has 0 aliphatic rings. The van der Waals surface area contributed by atoms with E-state index >= 15 is 0 Å². The number of hydrogen-bond donors (Lipinski definition) is 0. The Morgan fingerprint density at radius 1 is 1.00 bits per heavy atom. The van der Waals surface area contributed by atoms with E-state index in [0.717, 1.165) is 5.39 Å². The molecule has 0 radical (unpaired) electrons. The van der Waals surface area contributed by atoms with Gasteiger partial charge in [0.15, 0.2) is 0 Å². The summed E-state index contributed by atoms with van der Waals surface area (Å²) in [5.41, 5.74) is 0. The van der Waals surface area contributed by atoms with Crippen LogP contribution in [0.3, 0.4) is 0 Å². The fourth-order valence-corrected chi connectivity index (χ4v) is 2.42. The summed E-state index contributed by atoms with van der Waals surface area (Å²) < 4.78 is 27.3. The molecule has 0 saturated heterocycles. The van der Waals surface area contributed by atoms with Crippen molar-refractivity contribution in [3.05, 3.63) is 42.5 Å². The number of benzene rings is 2. The number of fused-ring (bicyclic) bond motifs is 1. The van der Waals surface area contributed by atoms with Crippen LogP contribution in [0.2, 0.25) is 0 Å². The van der Waals surface area contributed by atoms with E-state index < -0.39 is 10.1 Å². The molecule has 0 aliphatic carbocycles. The van der Waals surface area contributed by atoms with Crippen molar-refractivity contribution >= 4 is 65.1 Å². The molecule has 0 atom stereocenters. The Hall–Kier alpha value is -0.620. The van der Waals surface area contributed by atoms with E-state index in [1.54, 1.807) is 36.4 Å². The van der Waals surface area contributed by atoms with E-state index in [0.29, 0.717) is 5.39 Å². The standard InChI is InChI=1S/C11H8O4S.Ca.2H/c12-8-15-16(13,14)11-7-3-5-9-4-1-2-6-10(9)11;;;/h1-8H;;;. The first-order valence-electron chi connectivity index (χ1n) is 4.50. The first-order chi connectivity index (χ1) is 7.65. The summed E-state index contributed by atoms with van der Waals surface area (Å²) >= 11 is 0. The number of carbonyl (C=O) groups is 1. The molecule has 0 spiro atoms. The molecule has 0 heterocycles. The van der Waals surface area contributed by atoms with Crippen molar-refractivity contribution in [2.24, 2.45) is 0 Å². The molecule has 86 valence electrons. The topological polar surface area (TPSA) is 60.4 Å². The molecule has 0 aromatic heterocycles. The molecule has 0 amide bonds. The Labute approximate surface area is 129 Å². The van der Waals surface area contributed by atoms with E-state index in [9.17, 15) is 13.2 Å². The molecule has 0 unspecified atom stereocenters. The van der Waals surface area contributed by atoms with E-state index in [1.807, 2.05) is 0 Å². The van der Waals surface area contributed by atoms with Gasteiger partial charge in [0.05, 0.1) is 0 Å². The van der Waals surface area contributed by atoms with Crippen LogP contribution in [-0.2, 0) is 19.1 Å². The maximum atomic E-state index is 11.6. The maximum absolute atomic E-state index is 11.6. The van der Waals surface area contributed by atoms with Gasteiger partial charge in [-0.2, -0.15) is 8.42 Å². The summed E-state index contributed by atoms with van der Waals surface area (Å²) in [5, 5.41) is 1.31. The molecule has 2 aromatic rings. The first kappa shape index (κ1) is 14.4. The Kier molecular flexibility index (Phi) is 4.94. The monoisotopic (exact) mass is 278 g/mol. The Morgan fingerprint density at radius 2 is 1.65 bits per heavy atom. The molecule has 0 N–H and O–H groups in total. The van der Waals surface area contributed by atoms with Crippen molar-refractivity contribution in [3.8, 4) is 0 Å². The second kappa shape index (κ2) is 5.82. The van der Waals surface area contributed by atoms with Crippen molar-refractivity contribution in [3.63, 3.8) is 0 Å². The van der Waals surface area contributed by atoms with Gasteiger partial charge >= 0.3 is 54.3 Å². The third kappa shape index (κ3) is 2.98. The van der Waals surface area contributed by atoms with Crippen molar-refractivity contribution in [2.45, 2.75) is 4.90 Å². The average Bonchev–Trinajstić information content (AvgIpc) is 2.28. The van der Waals surface area contributed by atoms with Gasteiger partial charge in [-0.15, -0.1) is 0 Å². The van der Waals surface area contributed by atoms with Crippen LogP contribution >= 0.6 is 0 Å². The Balaban J connectivity index is 0.00000144. The van der Waals surface area contributed by atoms with E-state index in [4.69, 9.17) is 0 Å². The van der Waals surface area contributed by atoms with Crippen molar-refractivity contribution in [1.29, 1.82) is 0 Å². The van der Waals surface area contributed by atoms with Crippen LogP contribution in [0.1, 0.15) is 0 Å². The summed E-state index contributed by atoms with van der Waals surface area (Å²) in [5.74, 6) is 0. The zero-order valence-corrected chi connectivity index (χ0v) is 8.98. The van der Waals surface area contributed by atoms with Gasteiger partial charge in [-0.05, 0) is 11.5 Å². The summed E-state index contributed by atoms with van der Waals surface area (Å²) in [6, 6.07) is 11.8. The molecule has 0 fully saturated rings. The summed E-state index contributed by atoms with van der Waals surface area (Å²) in [4.78, 5) is 10.1. The number of hydrogen-bond acceptors (Lipinski definition) is 4. The third-order valence-corrected chi connectivity index (χ3v) is 3.41. The normalized spacial score (nSPS) is 10.6. The van der Waals surface area contributed by atoms with Gasteiger partial charge in [0.25, 0.3) is 0 Å². The van der Waals surface area contributed by atoms with Crippen LogP contribution < -0.4 is 0 Å². The third-order valence-electron chi connectivity index (χ3n) is 2.18. The second-order valence-corrected chi connectivity index (χ2v) is 4.66. The molecule has 2 aromatic carbocycles. The van der Waals surface area contributed by atoms with Crippen LogP contribution in [0.15, 0.2) is 47.4 Å².